The number of ether oxygens (including phenoxy) is 6. The van der Waals surface area contributed by atoms with E-state index in [0.29, 0.717) is 51.4 Å². The summed E-state index contributed by atoms with van der Waals surface area (Å²) >= 11 is 0. The topological polar surface area (TPSA) is 269 Å². The van der Waals surface area contributed by atoms with Crippen molar-refractivity contribution in [3.05, 3.63) is 0 Å². The maximum absolute atomic E-state index is 14.8. The summed E-state index contributed by atoms with van der Waals surface area (Å²) in [6.45, 7) is 13.6. The summed E-state index contributed by atoms with van der Waals surface area (Å²) in [5.74, 6) is -3.20. The summed E-state index contributed by atoms with van der Waals surface area (Å²) in [5.41, 5.74) is 0. The second kappa shape index (κ2) is 66.3. The van der Waals surface area contributed by atoms with Crippen molar-refractivity contribution in [1.82, 2.24) is 10.6 Å². The first-order chi connectivity index (χ1) is 48.9. The van der Waals surface area contributed by atoms with Crippen molar-refractivity contribution in [3.8, 4) is 0 Å². The number of rotatable bonds is 72. The average Bonchev–Trinajstić information content (AvgIpc) is 0.782. The zero-order valence-electron chi connectivity index (χ0n) is 65.4. The predicted molar refractivity (Wildman–Crippen MR) is 405 cm³/mol. The molecule has 1 saturated heterocycles. The second-order valence-corrected chi connectivity index (χ2v) is 30.7. The maximum Gasteiger partial charge on any atom is 0.470 e. The Labute approximate surface area is 615 Å². The van der Waals surface area contributed by atoms with Gasteiger partial charge in [0.1, 0.15) is 36.6 Å². The van der Waals surface area contributed by atoms with Crippen molar-refractivity contribution in [2.45, 2.75) is 469 Å². The van der Waals surface area contributed by atoms with E-state index in [4.69, 9.17) is 32.9 Å². The van der Waals surface area contributed by atoms with Gasteiger partial charge in [0.15, 0.2) is 12.4 Å². The number of unbranched alkanes of at least 4 members (excludes halogenated alkanes) is 42. The van der Waals surface area contributed by atoms with E-state index in [-0.39, 0.29) is 44.7 Å². The number of phosphoric acid groups is 1. The summed E-state index contributed by atoms with van der Waals surface area (Å²) in [4.78, 5) is 105. The number of phosphoric ester groups is 1. The summed E-state index contributed by atoms with van der Waals surface area (Å²) in [7, 11) is -5.47. The van der Waals surface area contributed by atoms with Gasteiger partial charge in [0.25, 0.3) is 0 Å². The molecule has 1 heterocycles. The molecule has 0 bridgehead atoms. The van der Waals surface area contributed by atoms with Crippen LogP contribution in [0.3, 0.4) is 0 Å². The molecule has 0 aromatic heterocycles. The van der Waals surface area contributed by atoms with Crippen molar-refractivity contribution in [3.63, 3.8) is 0 Å². The molecule has 20 heteroatoms. The molecule has 0 aromatic rings. The van der Waals surface area contributed by atoms with Crippen LogP contribution in [0.15, 0.2) is 0 Å². The molecule has 19 nitrogen and oxygen atoms in total. The molecule has 2 amide bonds. The van der Waals surface area contributed by atoms with Crippen LogP contribution in [0.5, 0.6) is 0 Å². The van der Waals surface area contributed by atoms with E-state index in [9.17, 15) is 48.2 Å². The van der Waals surface area contributed by atoms with E-state index >= 15 is 0 Å². The van der Waals surface area contributed by atoms with Crippen molar-refractivity contribution in [1.29, 1.82) is 0 Å². The standard InChI is InChI=1S/C81H153N2O17P/c1-8-14-20-26-32-35-41-44-50-56-68(95-74(87)59-53-47-38-29-23-17-11-4)62-72(85)82-67(7)66-94-81-78(83-73(86)63-69(57-51-45-42-36-33-27-21-15-9-2)96-75(88)60-54-48-39-30-24-18-12-5)80(79(71(65-84)98-81)100-101(91,92)93)99-77(90)64-70(58-52-46-43-37-34-28-22-16-10-3)97-76(89)61-55-49-40-31-25-19-13-6/h67-71,78-81,84H,8-66H2,1-7H3,(H,82,85)(H,83,86)(H2,91,92,93)/t67-,68-,69-,70-,71?,78?,79-,80-,81-/m1/s1. The number of carbonyl (C=O) groups is 6. The molecule has 0 saturated carbocycles. The van der Waals surface area contributed by atoms with Gasteiger partial charge in [-0.1, -0.05) is 311 Å². The molecule has 594 valence electrons. The van der Waals surface area contributed by atoms with E-state index in [2.05, 4.69) is 52.2 Å². The fourth-order valence-electron chi connectivity index (χ4n) is 13.5. The fourth-order valence-corrected chi connectivity index (χ4v) is 14.1. The Morgan fingerprint density at radius 2 is 0.693 bits per heavy atom. The monoisotopic (exact) mass is 1460 g/mol. The third kappa shape index (κ3) is 55.9. The summed E-state index contributed by atoms with van der Waals surface area (Å²) < 4.78 is 55.5. The molecular formula is C81H153N2O17P. The molecule has 1 aliphatic heterocycles. The first kappa shape index (κ1) is 95.8. The Balaban J connectivity index is 3.75. The van der Waals surface area contributed by atoms with Crippen molar-refractivity contribution in [2.75, 3.05) is 13.2 Å². The van der Waals surface area contributed by atoms with Crippen molar-refractivity contribution < 1.29 is 81.2 Å². The van der Waals surface area contributed by atoms with E-state index in [1.807, 2.05) is 0 Å². The van der Waals surface area contributed by atoms with Crippen molar-refractivity contribution >= 4 is 43.5 Å². The zero-order valence-corrected chi connectivity index (χ0v) is 66.3. The second-order valence-electron chi connectivity index (χ2n) is 29.5. The van der Waals surface area contributed by atoms with Crippen LogP contribution in [0.4, 0.5) is 0 Å². The molecule has 9 atom stereocenters. The molecule has 0 aromatic carbocycles. The lowest BCUT2D eigenvalue weighted by molar-refractivity contribution is -0.272. The van der Waals surface area contributed by atoms with Gasteiger partial charge < -0.3 is 53.9 Å². The van der Waals surface area contributed by atoms with Gasteiger partial charge in [-0.3, -0.25) is 33.3 Å². The molecule has 1 rings (SSSR count). The minimum atomic E-state index is -5.47. The highest BCUT2D eigenvalue weighted by Gasteiger charge is 2.52. The highest BCUT2D eigenvalue weighted by atomic mass is 31.2. The number of aliphatic hydroxyl groups excluding tert-OH is 1. The Morgan fingerprint density at radius 1 is 0.396 bits per heavy atom. The molecule has 101 heavy (non-hydrogen) atoms. The molecule has 0 radical (unpaired) electrons. The molecule has 1 aliphatic rings. The Hall–Kier alpha value is -3.19. The zero-order chi connectivity index (χ0) is 74.2. The van der Waals surface area contributed by atoms with Crippen LogP contribution in [-0.4, -0.2) is 119 Å². The SMILES string of the molecule is CCCCCCCCCCC[C@H](CC(=O)NC1[C@H](OC[C@@H](C)NC(=O)C[C@@H](CCCCCCCCCCC)OC(=O)CCCCCCCCC)OC(CO)[C@@H](OP(=O)(O)O)[C@@H]1OC(=O)C[C@@H](CCCCCCCCCCC)OC(=O)CCCCCCCCC)OC(=O)CCCCCCCCC. The molecule has 5 N–H and O–H groups in total. The summed E-state index contributed by atoms with van der Waals surface area (Å²) in [5, 5.41) is 16.8. The molecule has 1 fully saturated rings. The highest BCUT2D eigenvalue weighted by molar-refractivity contribution is 7.46. The molecule has 2 unspecified atom stereocenters. The van der Waals surface area contributed by atoms with Crippen LogP contribution >= 0.6 is 7.82 Å². The lowest BCUT2D eigenvalue weighted by Gasteiger charge is -2.45. The van der Waals surface area contributed by atoms with Crippen LogP contribution in [-0.2, 0) is 66.3 Å². The Kier molecular flexibility index (Phi) is 62.9. The van der Waals surface area contributed by atoms with Gasteiger partial charge in [0, 0.05) is 25.3 Å². The van der Waals surface area contributed by atoms with Gasteiger partial charge in [0.05, 0.1) is 32.5 Å². The number of nitrogens with one attached hydrogen (secondary N) is 2. The molecule has 0 aliphatic carbocycles. The number of carbonyl (C=O) groups excluding carboxylic acids is 6. The third-order valence-electron chi connectivity index (χ3n) is 19.6. The lowest BCUT2D eigenvalue weighted by atomic mass is 9.95. The highest BCUT2D eigenvalue weighted by Crippen LogP contribution is 2.42. The first-order valence-electron chi connectivity index (χ1n) is 41.9. The van der Waals surface area contributed by atoms with Crippen LogP contribution in [0.2, 0.25) is 0 Å². The lowest BCUT2D eigenvalue weighted by Crippen LogP contribution is -2.66. The fraction of sp³-hybridized carbons (Fsp3) is 0.926. The van der Waals surface area contributed by atoms with Crippen LogP contribution in [0, 0.1) is 0 Å². The normalized spacial score (nSPS) is 17.4. The summed E-state index contributed by atoms with van der Waals surface area (Å²) in [6.07, 6.45) is 42.0. The Bertz CT molecular complexity index is 2060. The van der Waals surface area contributed by atoms with E-state index < -0.39 is 106 Å². The minimum absolute atomic E-state index is 0.0902. The Morgan fingerprint density at radius 3 is 1.01 bits per heavy atom. The van der Waals surface area contributed by atoms with Gasteiger partial charge in [-0.2, -0.15) is 0 Å². The predicted octanol–water partition coefficient (Wildman–Crippen LogP) is 20.2. The largest absolute Gasteiger partial charge is 0.470 e. The summed E-state index contributed by atoms with van der Waals surface area (Å²) in [6, 6.07) is -2.33. The smallest absolute Gasteiger partial charge is 0.462 e. The average molecular weight is 1460 g/mol. The van der Waals surface area contributed by atoms with Crippen LogP contribution < -0.4 is 10.6 Å². The number of esters is 4. The molecule has 0 spiro atoms. The maximum atomic E-state index is 14.8. The van der Waals surface area contributed by atoms with Crippen molar-refractivity contribution in [2.24, 2.45) is 0 Å². The van der Waals surface area contributed by atoms with Gasteiger partial charge in [-0.25, -0.2) is 4.57 Å². The number of hydrogen-bond donors (Lipinski definition) is 5. The van der Waals surface area contributed by atoms with Gasteiger partial charge in [0.2, 0.25) is 11.8 Å². The van der Waals surface area contributed by atoms with E-state index in [0.717, 1.165) is 173 Å². The number of hydrogen-bond acceptors (Lipinski definition) is 15. The van der Waals surface area contributed by atoms with Gasteiger partial charge >= 0.3 is 31.7 Å². The third-order valence-corrected chi connectivity index (χ3v) is 20.1. The quantitative estimate of drug-likeness (QED) is 0.0164. The van der Waals surface area contributed by atoms with E-state index in [1.54, 1.807) is 6.92 Å². The van der Waals surface area contributed by atoms with Crippen LogP contribution in [0.1, 0.15) is 414 Å². The number of amides is 2. The minimum Gasteiger partial charge on any atom is -0.462 e. The van der Waals surface area contributed by atoms with Gasteiger partial charge in [-0.05, 0) is 64.7 Å². The first-order valence-corrected chi connectivity index (χ1v) is 43.4. The van der Waals surface area contributed by atoms with E-state index in [1.165, 1.54) is 103 Å². The van der Waals surface area contributed by atoms with Gasteiger partial charge in [-0.15, -0.1) is 0 Å². The van der Waals surface area contributed by atoms with Crippen LogP contribution in [0.25, 0.3) is 0 Å². The molecular weight excluding hydrogens is 1300 g/mol. The number of aliphatic hydroxyl groups is 1.